The van der Waals surface area contributed by atoms with Crippen LogP contribution in [0.2, 0.25) is 0 Å². The van der Waals surface area contributed by atoms with Crippen LogP contribution in [-0.2, 0) is 11.8 Å². The number of aromatic nitrogens is 4. The highest BCUT2D eigenvalue weighted by atomic mass is 16.2. The summed E-state index contributed by atoms with van der Waals surface area (Å²) in [6.45, 7) is 5.62. The van der Waals surface area contributed by atoms with Gasteiger partial charge in [0.2, 0.25) is 5.91 Å². The van der Waals surface area contributed by atoms with Crippen molar-refractivity contribution in [1.29, 1.82) is 0 Å². The van der Waals surface area contributed by atoms with Crippen molar-refractivity contribution in [3.8, 4) is 11.1 Å². The third-order valence-electron chi connectivity index (χ3n) is 6.27. The summed E-state index contributed by atoms with van der Waals surface area (Å²) in [5.41, 5.74) is 5.53. The Balaban J connectivity index is 1.31. The third-order valence-corrected chi connectivity index (χ3v) is 6.27. The van der Waals surface area contributed by atoms with Gasteiger partial charge in [-0.1, -0.05) is 24.8 Å². The predicted octanol–water partition coefficient (Wildman–Crippen LogP) is 3.60. The van der Waals surface area contributed by atoms with E-state index in [0.717, 1.165) is 33.3 Å². The van der Waals surface area contributed by atoms with E-state index in [-0.39, 0.29) is 11.8 Å². The Labute approximate surface area is 203 Å². The van der Waals surface area contributed by atoms with E-state index in [9.17, 15) is 9.59 Å². The molecular weight excluding hydrogens is 440 g/mol. The number of amides is 2. The number of rotatable bonds is 5. The van der Waals surface area contributed by atoms with Crippen molar-refractivity contribution in [1.82, 2.24) is 29.8 Å². The minimum atomic E-state index is -0.0910. The molecule has 0 bridgehead atoms. The summed E-state index contributed by atoms with van der Waals surface area (Å²) in [4.78, 5) is 28.2. The molecule has 35 heavy (non-hydrogen) atoms. The van der Waals surface area contributed by atoms with Crippen molar-refractivity contribution >= 4 is 34.9 Å². The highest BCUT2D eigenvalue weighted by Gasteiger charge is 2.23. The summed E-state index contributed by atoms with van der Waals surface area (Å²) in [5.74, 6) is -0.109. The van der Waals surface area contributed by atoms with Crippen LogP contribution >= 0.6 is 0 Å². The van der Waals surface area contributed by atoms with E-state index in [0.29, 0.717) is 31.7 Å². The lowest BCUT2D eigenvalue weighted by atomic mass is 10.0. The second-order valence-corrected chi connectivity index (χ2v) is 8.55. The van der Waals surface area contributed by atoms with E-state index < -0.39 is 0 Å². The number of hydrogen-bond donors (Lipinski definition) is 1. The van der Waals surface area contributed by atoms with Crippen molar-refractivity contribution in [3.63, 3.8) is 0 Å². The summed E-state index contributed by atoms with van der Waals surface area (Å²) in [5, 5.41) is 12.7. The van der Waals surface area contributed by atoms with E-state index in [2.05, 4.69) is 27.9 Å². The number of carbonyl (C=O) groups is 2. The number of H-pyrrole nitrogens is 1. The number of fused-ring (bicyclic) bond motifs is 1. The number of carbonyl (C=O) groups excluding carboxylic acids is 2. The van der Waals surface area contributed by atoms with Gasteiger partial charge in [-0.25, -0.2) is 0 Å². The van der Waals surface area contributed by atoms with Gasteiger partial charge in [-0.3, -0.25) is 19.4 Å². The summed E-state index contributed by atoms with van der Waals surface area (Å²) in [6.07, 6.45) is 9.03. The summed E-state index contributed by atoms with van der Waals surface area (Å²) >= 11 is 0. The normalized spacial score (nSPS) is 14.1. The summed E-state index contributed by atoms with van der Waals surface area (Å²) in [7, 11) is 1.89. The van der Waals surface area contributed by atoms with Crippen LogP contribution < -0.4 is 0 Å². The monoisotopic (exact) mass is 466 g/mol. The average molecular weight is 467 g/mol. The number of hydrogen-bond acceptors (Lipinski definition) is 4. The van der Waals surface area contributed by atoms with Gasteiger partial charge in [-0.15, -0.1) is 0 Å². The fourth-order valence-electron chi connectivity index (χ4n) is 4.29. The largest absolute Gasteiger partial charge is 0.336 e. The van der Waals surface area contributed by atoms with Crippen LogP contribution in [0.3, 0.4) is 0 Å². The van der Waals surface area contributed by atoms with Crippen molar-refractivity contribution in [2.24, 2.45) is 7.05 Å². The number of aromatic amines is 1. The van der Waals surface area contributed by atoms with Crippen LogP contribution in [0.25, 0.3) is 34.2 Å². The van der Waals surface area contributed by atoms with E-state index in [1.54, 1.807) is 20.7 Å². The van der Waals surface area contributed by atoms with Gasteiger partial charge in [0.15, 0.2) is 0 Å². The fourth-order valence-corrected chi connectivity index (χ4v) is 4.29. The molecule has 8 heteroatoms. The van der Waals surface area contributed by atoms with Crippen LogP contribution in [0.5, 0.6) is 0 Å². The Morgan fingerprint density at radius 1 is 0.971 bits per heavy atom. The number of piperazine rings is 1. The maximum Gasteiger partial charge on any atom is 0.253 e. The smallest absolute Gasteiger partial charge is 0.253 e. The van der Waals surface area contributed by atoms with Crippen LogP contribution in [0, 0.1) is 0 Å². The highest BCUT2D eigenvalue weighted by molar-refractivity contribution is 5.96. The predicted molar refractivity (Wildman–Crippen MR) is 136 cm³/mol. The molecule has 0 spiro atoms. The Hall–Kier alpha value is -4.46. The molecule has 0 radical (unpaired) electrons. The number of nitrogens with one attached hydrogen (secondary N) is 1. The average Bonchev–Trinajstić information content (AvgIpc) is 3.51. The lowest BCUT2D eigenvalue weighted by Crippen LogP contribution is -2.50. The molecule has 3 heterocycles. The molecule has 176 valence electrons. The van der Waals surface area contributed by atoms with Crippen LogP contribution in [0.4, 0.5) is 0 Å². The second-order valence-electron chi connectivity index (χ2n) is 8.55. The van der Waals surface area contributed by atoms with Crippen LogP contribution in [-0.4, -0.2) is 67.8 Å². The van der Waals surface area contributed by atoms with Crippen molar-refractivity contribution < 1.29 is 9.59 Å². The topological polar surface area (TPSA) is 87.1 Å². The first kappa shape index (κ1) is 22.3. The first-order valence-corrected chi connectivity index (χ1v) is 11.5. The van der Waals surface area contributed by atoms with E-state index in [1.807, 2.05) is 61.8 Å². The van der Waals surface area contributed by atoms with Gasteiger partial charge in [-0.05, 0) is 53.6 Å². The van der Waals surface area contributed by atoms with Gasteiger partial charge in [0.25, 0.3) is 5.91 Å². The van der Waals surface area contributed by atoms with Gasteiger partial charge in [0.05, 0.1) is 17.4 Å². The number of benzene rings is 2. The van der Waals surface area contributed by atoms with Crippen LogP contribution in [0.1, 0.15) is 21.6 Å². The Morgan fingerprint density at radius 2 is 1.69 bits per heavy atom. The minimum absolute atomic E-state index is 0.0182. The molecule has 0 unspecified atom stereocenters. The SMILES string of the molecule is C=CC(=O)N1CCN(C(=O)c2ccc(-c3ccc4[nH]nc(/C=C/c5cnn(C)c5)c4c3)cc2)CC1. The Bertz CT molecular complexity index is 1420. The van der Waals surface area contributed by atoms with Crippen molar-refractivity contribution in [2.75, 3.05) is 26.2 Å². The quantitative estimate of drug-likeness (QED) is 0.455. The van der Waals surface area contributed by atoms with Crippen molar-refractivity contribution in [3.05, 3.63) is 84.3 Å². The summed E-state index contributed by atoms with van der Waals surface area (Å²) in [6, 6.07) is 13.8. The summed E-state index contributed by atoms with van der Waals surface area (Å²) < 4.78 is 1.76. The standard InChI is InChI=1S/C27H26N6O2/c1-3-26(34)32-12-14-33(15-13-32)27(35)21-7-5-20(6-8-21)22-9-11-25-23(16-22)24(29-30-25)10-4-19-17-28-31(2)18-19/h3-11,16-18H,1,12-15H2,2H3,(H,29,30)/b10-4+. The molecule has 1 aliphatic heterocycles. The van der Waals surface area contributed by atoms with Gasteiger partial charge in [-0.2, -0.15) is 10.2 Å². The molecule has 0 saturated carbocycles. The molecule has 0 aliphatic carbocycles. The second kappa shape index (κ2) is 9.42. The maximum atomic E-state index is 12.9. The first-order valence-electron chi connectivity index (χ1n) is 11.5. The zero-order chi connectivity index (χ0) is 24.4. The lowest BCUT2D eigenvalue weighted by molar-refractivity contribution is -0.127. The molecule has 8 nitrogen and oxygen atoms in total. The molecule has 1 fully saturated rings. The van der Waals surface area contributed by atoms with Crippen molar-refractivity contribution in [2.45, 2.75) is 0 Å². The molecular formula is C27H26N6O2. The molecule has 1 saturated heterocycles. The molecule has 0 atom stereocenters. The Kier molecular flexibility index (Phi) is 6.01. The number of aryl methyl sites for hydroxylation is 1. The first-order chi connectivity index (χ1) is 17.0. The maximum absolute atomic E-state index is 12.9. The van der Waals surface area contributed by atoms with E-state index >= 15 is 0 Å². The van der Waals surface area contributed by atoms with Gasteiger partial charge in [0, 0.05) is 55.9 Å². The van der Waals surface area contributed by atoms with E-state index in [4.69, 9.17) is 0 Å². The molecule has 1 N–H and O–H groups in total. The molecule has 4 aromatic rings. The number of nitrogens with zero attached hydrogens (tertiary/aromatic N) is 5. The molecule has 2 aromatic heterocycles. The molecule has 2 amide bonds. The zero-order valence-electron chi connectivity index (χ0n) is 19.5. The fraction of sp³-hybridized carbons (Fsp3) is 0.185. The third kappa shape index (κ3) is 4.63. The van der Waals surface area contributed by atoms with Gasteiger partial charge >= 0.3 is 0 Å². The van der Waals surface area contributed by atoms with Gasteiger partial charge < -0.3 is 9.80 Å². The molecule has 2 aromatic carbocycles. The minimum Gasteiger partial charge on any atom is -0.336 e. The van der Waals surface area contributed by atoms with Gasteiger partial charge in [0.1, 0.15) is 0 Å². The van der Waals surface area contributed by atoms with E-state index in [1.165, 1.54) is 6.08 Å². The molecule has 1 aliphatic rings. The van der Waals surface area contributed by atoms with Crippen LogP contribution in [0.15, 0.2) is 67.5 Å². The highest BCUT2D eigenvalue weighted by Crippen LogP contribution is 2.27. The lowest BCUT2D eigenvalue weighted by Gasteiger charge is -2.34. The Morgan fingerprint density at radius 3 is 2.37 bits per heavy atom. The zero-order valence-corrected chi connectivity index (χ0v) is 19.5. The molecule has 5 rings (SSSR count).